The fourth-order valence-corrected chi connectivity index (χ4v) is 0.713. The summed E-state index contributed by atoms with van der Waals surface area (Å²) >= 11 is 0. The fraction of sp³-hybridized carbons (Fsp3) is 0. The molecule has 0 saturated heterocycles. The van der Waals surface area contributed by atoms with Crippen molar-refractivity contribution in [2.24, 2.45) is 0 Å². The normalized spacial score (nSPS) is 15.7. The van der Waals surface area contributed by atoms with Gasteiger partial charge < -0.3 is 0 Å². The van der Waals surface area contributed by atoms with Gasteiger partial charge in [0.15, 0.2) is 11.6 Å². The molecule has 2 nitrogen and oxygen atoms in total. The van der Waals surface area contributed by atoms with Gasteiger partial charge in [0, 0.05) is 18.6 Å². The summed E-state index contributed by atoms with van der Waals surface area (Å²) in [7, 11) is 0. The zero-order chi connectivity index (χ0) is 8.81. The number of carbonyl (C=O) groups is 2. The average molecular weight is 211 g/mol. The van der Waals surface area contributed by atoms with Crippen molar-refractivity contribution in [2.45, 2.75) is 0 Å². The minimum absolute atomic E-state index is 0. The second-order valence-corrected chi connectivity index (χ2v) is 2.24. The van der Waals surface area contributed by atoms with Gasteiger partial charge in [0.25, 0.3) is 0 Å². The van der Waals surface area contributed by atoms with Crippen molar-refractivity contribution in [1.29, 1.82) is 0 Å². The van der Waals surface area contributed by atoms with Crippen molar-refractivity contribution < 1.29 is 28.1 Å². The molecule has 0 atom stereocenters. The summed E-state index contributed by atoms with van der Waals surface area (Å²) in [5, 5.41) is 0. The molecule has 2 aliphatic carbocycles. The number of ketones is 2. The first-order chi connectivity index (χ1) is 5.79. The summed E-state index contributed by atoms with van der Waals surface area (Å²) in [6, 6.07) is 0. The van der Waals surface area contributed by atoms with Crippen molar-refractivity contribution in [3.8, 4) is 0 Å². The van der Waals surface area contributed by atoms with Crippen LogP contribution in [0.2, 0.25) is 0 Å². The first-order valence-electron chi connectivity index (χ1n) is 3.56. The molecule has 0 heterocycles. The summed E-state index contributed by atoms with van der Waals surface area (Å²) in [5.41, 5.74) is 0. The van der Waals surface area contributed by atoms with Crippen LogP contribution in [0.4, 0.5) is 0 Å². The Labute approximate surface area is 88.6 Å². The zero-order valence-corrected chi connectivity index (χ0v) is 8.28. The molecule has 0 fully saturated rings. The second kappa shape index (κ2) is 6.41. The molecule has 0 aromatic heterocycles. The van der Waals surface area contributed by atoms with Crippen LogP contribution >= 0.6 is 0 Å². The maximum Gasteiger partial charge on any atom is 0.178 e. The molecule has 65 valence electrons. The van der Waals surface area contributed by atoms with Gasteiger partial charge >= 0.3 is 0 Å². The van der Waals surface area contributed by atoms with Crippen LogP contribution in [0.15, 0.2) is 48.6 Å². The van der Waals surface area contributed by atoms with Gasteiger partial charge in [-0.1, -0.05) is 24.3 Å². The van der Waals surface area contributed by atoms with Gasteiger partial charge in [0.05, 0.1) is 0 Å². The van der Waals surface area contributed by atoms with Gasteiger partial charge in [-0.2, -0.15) is 0 Å². The van der Waals surface area contributed by atoms with E-state index in [4.69, 9.17) is 0 Å². The van der Waals surface area contributed by atoms with E-state index in [9.17, 15) is 9.59 Å². The van der Waals surface area contributed by atoms with Crippen molar-refractivity contribution in [1.82, 2.24) is 0 Å². The van der Waals surface area contributed by atoms with Crippen LogP contribution in [0, 0.1) is 0 Å². The maximum absolute atomic E-state index is 10.1. The van der Waals surface area contributed by atoms with Crippen molar-refractivity contribution in [2.75, 3.05) is 0 Å². The molecular formula is C10H8O2V. The molecule has 13 heavy (non-hydrogen) atoms. The molecule has 0 aliphatic heterocycles. The first kappa shape index (κ1) is 11.9. The van der Waals surface area contributed by atoms with Gasteiger partial charge in [0.2, 0.25) is 0 Å². The number of allylic oxidation sites excluding steroid dienone is 8. The Bertz CT molecular complexity index is 249. The van der Waals surface area contributed by atoms with Crippen molar-refractivity contribution in [3.05, 3.63) is 48.6 Å². The van der Waals surface area contributed by atoms with Gasteiger partial charge in [-0.05, 0) is 24.3 Å². The molecule has 0 amide bonds. The minimum atomic E-state index is 0. The molecule has 0 spiro atoms. The smallest absolute Gasteiger partial charge is 0.178 e. The summed E-state index contributed by atoms with van der Waals surface area (Å²) in [6.07, 6.45) is 13.0. The Morgan fingerprint density at radius 3 is 0.923 bits per heavy atom. The van der Waals surface area contributed by atoms with Crippen LogP contribution in [0.5, 0.6) is 0 Å². The van der Waals surface area contributed by atoms with Crippen LogP contribution in [-0.2, 0) is 28.1 Å². The van der Waals surface area contributed by atoms with Gasteiger partial charge in [-0.3, -0.25) is 9.59 Å². The molecule has 2 rings (SSSR count). The first-order valence-corrected chi connectivity index (χ1v) is 3.56. The van der Waals surface area contributed by atoms with E-state index in [2.05, 4.69) is 0 Å². The van der Waals surface area contributed by atoms with Crippen LogP contribution < -0.4 is 0 Å². The van der Waals surface area contributed by atoms with E-state index in [0.29, 0.717) is 0 Å². The zero-order valence-electron chi connectivity index (χ0n) is 6.88. The Hall–Kier alpha value is -1.12. The molecule has 2 aliphatic rings. The third-order valence-corrected chi connectivity index (χ3v) is 1.26. The number of hydrogen-bond acceptors (Lipinski definition) is 2. The van der Waals surface area contributed by atoms with E-state index in [0.717, 1.165) is 0 Å². The summed E-state index contributed by atoms with van der Waals surface area (Å²) in [5.74, 6) is 0.185. The van der Waals surface area contributed by atoms with E-state index in [1.165, 1.54) is 24.3 Å². The Kier molecular flexibility index (Phi) is 5.86. The SMILES string of the molecule is O=C1C=CC=C1.O=C1C=CC=C1.[V]. The summed E-state index contributed by atoms with van der Waals surface area (Å²) in [4.78, 5) is 20.1. The summed E-state index contributed by atoms with van der Waals surface area (Å²) < 4.78 is 0. The molecule has 0 saturated carbocycles. The Morgan fingerprint density at radius 1 is 0.615 bits per heavy atom. The van der Waals surface area contributed by atoms with Crippen molar-refractivity contribution in [3.63, 3.8) is 0 Å². The van der Waals surface area contributed by atoms with E-state index >= 15 is 0 Å². The third kappa shape index (κ3) is 5.18. The quantitative estimate of drug-likeness (QED) is 0.606. The van der Waals surface area contributed by atoms with Gasteiger partial charge in [-0.25, -0.2) is 0 Å². The van der Waals surface area contributed by atoms with Crippen LogP contribution in [0.3, 0.4) is 0 Å². The number of rotatable bonds is 0. The van der Waals surface area contributed by atoms with E-state index in [-0.39, 0.29) is 30.1 Å². The molecule has 1 radical (unpaired) electrons. The van der Waals surface area contributed by atoms with Crippen molar-refractivity contribution >= 4 is 11.6 Å². The fourth-order valence-electron chi connectivity index (χ4n) is 0.713. The molecule has 0 aromatic rings. The van der Waals surface area contributed by atoms with Crippen LogP contribution in [0.25, 0.3) is 0 Å². The summed E-state index contributed by atoms with van der Waals surface area (Å²) in [6.45, 7) is 0. The monoisotopic (exact) mass is 211 g/mol. The van der Waals surface area contributed by atoms with E-state index < -0.39 is 0 Å². The standard InChI is InChI=1S/2C5H4O.V/c2*6-5-3-1-2-4-5;/h2*1-4H;. The second-order valence-electron chi connectivity index (χ2n) is 2.24. The largest absolute Gasteiger partial charge is 0.290 e. The predicted molar refractivity (Wildman–Crippen MR) is 46.6 cm³/mol. The molecular weight excluding hydrogens is 203 g/mol. The molecule has 3 heteroatoms. The average Bonchev–Trinajstić information content (AvgIpc) is 2.63. The van der Waals surface area contributed by atoms with Crippen LogP contribution in [0.1, 0.15) is 0 Å². The van der Waals surface area contributed by atoms with Crippen LogP contribution in [-0.4, -0.2) is 11.6 Å². The van der Waals surface area contributed by atoms with Gasteiger partial charge in [0.1, 0.15) is 0 Å². The predicted octanol–water partition coefficient (Wildman–Crippen LogP) is 1.36. The molecule has 0 N–H and O–H groups in total. The van der Waals surface area contributed by atoms with E-state index in [1.54, 1.807) is 24.3 Å². The number of hydrogen-bond donors (Lipinski definition) is 0. The topological polar surface area (TPSA) is 34.1 Å². The Morgan fingerprint density at radius 2 is 0.846 bits per heavy atom. The molecule has 0 bridgehead atoms. The Balaban J connectivity index is 0.000000206. The molecule has 0 aromatic carbocycles. The maximum atomic E-state index is 10.1. The minimum Gasteiger partial charge on any atom is -0.290 e. The van der Waals surface area contributed by atoms with E-state index in [1.807, 2.05) is 0 Å². The molecule has 0 unspecified atom stereocenters. The van der Waals surface area contributed by atoms with Gasteiger partial charge in [-0.15, -0.1) is 0 Å². The number of carbonyl (C=O) groups excluding carboxylic acids is 2. The third-order valence-electron chi connectivity index (χ3n) is 1.26.